The summed E-state index contributed by atoms with van der Waals surface area (Å²) in [5, 5.41) is 0. The minimum absolute atomic E-state index is 0. The fourth-order valence-electron chi connectivity index (χ4n) is 0.794. The average molecular weight is 168 g/mol. The molecule has 12 heavy (non-hydrogen) atoms. The first kappa shape index (κ1) is 13.7. The van der Waals surface area contributed by atoms with E-state index in [0.29, 0.717) is 0 Å². The van der Waals surface area contributed by atoms with Crippen molar-refractivity contribution in [1.29, 1.82) is 0 Å². The van der Waals surface area contributed by atoms with Crippen molar-refractivity contribution in [3.63, 3.8) is 0 Å². The highest BCUT2D eigenvalue weighted by Crippen LogP contribution is 2.02. The minimum Gasteiger partial charge on any atom is -0.412 e. The molecule has 2 N–H and O–H groups in total. The Kier molecular flexibility index (Phi) is 9.48. The van der Waals surface area contributed by atoms with Gasteiger partial charge in [-0.05, 0) is 27.2 Å². The molecule has 0 aliphatic rings. The molecule has 0 bridgehead atoms. The molecule has 0 rings (SSSR count). The van der Waals surface area contributed by atoms with Crippen LogP contribution in [0.4, 0.5) is 0 Å². The van der Waals surface area contributed by atoms with Gasteiger partial charge < -0.3 is 5.48 Å². The average Bonchev–Trinajstić information content (AvgIpc) is 2.00. The van der Waals surface area contributed by atoms with Gasteiger partial charge in [-0.3, -0.25) is 0 Å². The molecule has 0 aromatic heterocycles. The zero-order chi connectivity index (χ0) is 8.69. The summed E-state index contributed by atoms with van der Waals surface area (Å²) >= 11 is 0. The Morgan fingerprint density at radius 1 is 1.17 bits per heavy atom. The highest BCUT2D eigenvalue weighted by Gasteiger charge is 1.81. The summed E-state index contributed by atoms with van der Waals surface area (Å²) in [6, 6.07) is 0. The molecule has 0 saturated carbocycles. The SMILES string of the molecule is C\C=C(C)/C=C(C)\C=C\CC.O. The standard InChI is InChI=1S/C11H18.H2O/c1-5-7-8-11(4)9-10(3)6-2;/h6-9H,5H2,1-4H3;1H2/b8-7+,10-6-,11-9-;. The van der Waals surface area contributed by atoms with Crippen molar-refractivity contribution >= 4 is 0 Å². The first-order valence-electron chi connectivity index (χ1n) is 4.18. The highest BCUT2D eigenvalue weighted by molar-refractivity contribution is 5.26. The Bertz CT molecular complexity index is 185. The van der Waals surface area contributed by atoms with Crippen LogP contribution in [0.3, 0.4) is 0 Å². The fraction of sp³-hybridized carbons (Fsp3) is 0.455. The summed E-state index contributed by atoms with van der Waals surface area (Å²) in [6.07, 6.45) is 9.75. The lowest BCUT2D eigenvalue weighted by Crippen LogP contribution is -1.71. The monoisotopic (exact) mass is 168 g/mol. The van der Waals surface area contributed by atoms with Gasteiger partial charge in [0.05, 0.1) is 0 Å². The van der Waals surface area contributed by atoms with Crippen molar-refractivity contribution in [2.75, 3.05) is 0 Å². The van der Waals surface area contributed by atoms with Gasteiger partial charge in [0.25, 0.3) is 0 Å². The van der Waals surface area contributed by atoms with Crippen LogP contribution in [0.25, 0.3) is 0 Å². The van der Waals surface area contributed by atoms with Crippen LogP contribution in [-0.4, -0.2) is 5.48 Å². The number of allylic oxidation sites excluding steroid dienone is 6. The molecule has 0 radical (unpaired) electrons. The number of hydrogen-bond acceptors (Lipinski definition) is 0. The van der Waals surface area contributed by atoms with Gasteiger partial charge >= 0.3 is 0 Å². The van der Waals surface area contributed by atoms with Crippen LogP contribution in [0.1, 0.15) is 34.1 Å². The van der Waals surface area contributed by atoms with Crippen LogP contribution >= 0.6 is 0 Å². The van der Waals surface area contributed by atoms with Gasteiger partial charge in [0.1, 0.15) is 0 Å². The molecule has 0 heterocycles. The van der Waals surface area contributed by atoms with E-state index in [1.807, 2.05) is 0 Å². The summed E-state index contributed by atoms with van der Waals surface area (Å²) in [5.74, 6) is 0. The smallest absolute Gasteiger partial charge is 0.0376 e. The molecule has 1 nitrogen and oxygen atoms in total. The van der Waals surface area contributed by atoms with Gasteiger partial charge in [-0.1, -0.05) is 42.4 Å². The van der Waals surface area contributed by atoms with E-state index in [1.54, 1.807) is 0 Å². The lowest BCUT2D eigenvalue weighted by Gasteiger charge is -1.92. The van der Waals surface area contributed by atoms with Gasteiger partial charge in [0.15, 0.2) is 0 Å². The molecule has 0 atom stereocenters. The van der Waals surface area contributed by atoms with E-state index in [0.717, 1.165) is 6.42 Å². The molecule has 0 fully saturated rings. The molecule has 70 valence electrons. The third kappa shape index (κ3) is 7.29. The third-order valence-electron chi connectivity index (χ3n) is 1.53. The number of hydrogen-bond donors (Lipinski definition) is 0. The maximum absolute atomic E-state index is 2.19. The summed E-state index contributed by atoms with van der Waals surface area (Å²) in [7, 11) is 0. The van der Waals surface area contributed by atoms with Crippen LogP contribution in [0.5, 0.6) is 0 Å². The quantitative estimate of drug-likeness (QED) is 0.580. The Balaban J connectivity index is 0. The largest absolute Gasteiger partial charge is 0.412 e. The van der Waals surface area contributed by atoms with Crippen LogP contribution in [0, 0.1) is 0 Å². The summed E-state index contributed by atoms with van der Waals surface area (Å²) in [4.78, 5) is 0. The summed E-state index contributed by atoms with van der Waals surface area (Å²) in [5.41, 5.74) is 2.64. The lowest BCUT2D eigenvalue weighted by molar-refractivity contribution is 0.824. The van der Waals surface area contributed by atoms with Crippen molar-refractivity contribution in [2.24, 2.45) is 0 Å². The zero-order valence-electron chi connectivity index (χ0n) is 8.52. The van der Waals surface area contributed by atoms with Crippen LogP contribution in [0.15, 0.2) is 35.5 Å². The molecular weight excluding hydrogens is 148 g/mol. The molecule has 0 aliphatic carbocycles. The van der Waals surface area contributed by atoms with Crippen LogP contribution in [0.2, 0.25) is 0 Å². The first-order valence-corrected chi connectivity index (χ1v) is 4.18. The van der Waals surface area contributed by atoms with E-state index in [1.165, 1.54) is 11.1 Å². The molecule has 0 amide bonds. The van der Waals surface area contributed by atoms with Gasteiger partial charge in [-0.15, -0.1) is 0 Å². The zero-order valence-corrected chi connectivity index (χ0v) is 8.52. The maximum Gasteiger partial charge on any atom is -0.0376 e. The van der Waals surface area contributed by atoms with E-state index in [2.05, 4.69) is 52.0 Å². The first-order chi connectivity index (χ1) is 5.20. The Labute approximate surface area is 75.8 Å². The van der Waals surface area contributed by atoms with E-state index in [4.69, 9.17) is 0 Å². The predicted octanol–water partition coefficient (Wildman–Crippen LogP) is 3.04. The fourth-order valence-corrected chi connectivity index (χ4v) is 0.794. The van der Waals surface area contributed by atoms with E-state index < -0.39 is 0 Å². The summed E-state index contributed by atoms with van der Waals surface area (Å²) < 4.78 is 0. The van der Waals surface area contributed by atoms with E-state index >= 15 is 0 Å². The molecular formula is C11H20O. The molecule has 0 saturated heterocycles. The number of rotatable bonds is 3. The second-order valence-corrected chi connectivity index (χ2v) is 2.73. The Morgan fingerprint density at radius 3 is 2.17 bits per heavy atom. The molecule has 1 heteroatoms. The van der Waals surface area contributed by atoms with E-state index in [-0.39, 0.29) is 5.48 Å². The topological polar surface area (TPSA) is 31.5 Å². The van der Waals surface area contributed by atoms with Crippen molar-refractivity contribution in [2.45, 2.75) is 34.1 Å². The third-order valence-corrected chi connectivity index (χ3v) is 1.53. The van der Waals surface area contributed by atoms with Crippen LogP contribution < -0.4 is 0 Å². The summed E-state index contributed by atoms with van der Waals surface area (Å²) in [6.45, 7) is 8.44. The van der Waals surface area contributed by atoms with Crippen molar-refractivity contribution in [1.82, 2.24) is 0 Å². The van der Waals surface area contributed by atoms with Gasteiger partial charge in [0, 0.05) is 0 Å². The second kappa shape index (κ2) is 8.28. The predicted molar refractivity (Wildman–Crippen MR) is 56.2 cm³/mol. The molecule has 0 unspecified atom stereocenters. The second-order valence-electron chi connectivity index (χ2n) is 2.73. The highest BCUT2D eigenvalue weighted by atomic mass is 16.0. The van der Waals surface area contributed by atoms with Crippen molar-refractivity contribution in [3.8, 4) is 0 Å². The molecule has 0 spiro atoms. The van der Waals surface area contributed by atoms with E-state index in [9.17, 15) is 0 Å². The van der Waals surface area contributed by atoms with Gasteiger partial charge in [-0.2, -0.15) is 0 Å². The lowest BCUT2D eigenvalue weighted by atomic mass is 10.1. The maximum atomic E-state index is 2.19. The van der Waals surface area contributed by atoms with Crippen LogP contribution in [-0.2, 0) is 0 Å². The molecule has 0 aromatic carbocycles. The Hall–Kier alpha value is -0.820. The Morgan fingerprint density at radius 2 is 1.75 bits per heavy atom. The van der Waals surface area contributed by atoms with Gasteiger partial charge in [0.2, 0.25) is 0 Å². The molecule has 0 aromatic rings. The molecule has 0 aliphatic heterocycles. The van der Waals surface area contributed by atoms with Gasteiger partial charge in [-0.25, -0.2) is 0 Å². The minimum atomic E-state index is 0. The van der Waals surface area contributed by atoms with Crippen molar-refractivity contribution < 1.29 is 5.48 Å². The normalized spacial score (nSPS) is 13.3. The van der Waals surface area contributed by atoms with Crippen molar-refractivity contribution in [3.05, 3.63) is 35.5 Å².